The highest BCUT2D eigenvalue weighted by Gasteiger charge is 2.19. The number of nitrogens with zero attached hydrogens (tertiary/aromatic N) is 1. The SMILES string of the molecule is C=CCNCC(=O)N(C)C(C)c1ccccc1F. The maximum atomic E-state index is 13.6. The van der Waals surface area contributed by atoms with Gasteiger partial charge in [0.15, 0.2) is 0 Å². The van der Waals surface area contributed by atoms with Crippen molar-refractivity contribution in [1.82, 2.24) is 10.2 Å². The third kappa shape index (κ3) is 3.67. The highest BCUT2D eigenvalue weighted by Crippen LogP contribution is 2.21. The van der Waals surface area contributed by atoms with Crippen LogP contribution in [0, 0.1) is 5.82 Å². The van der Waals surface area contributed by atoms with Crippen LogP contribution in [-0.2, 0) is 4.79 Å². The normalized spacial score (nSPS) is 11.9. The van der Waals surface area contributed by atoms with Gasteiger partial charge in [-0.25, -0.2) is 4.39 Å². The van der Waals surface area contributed by atoms with Crippen LogP contribution in [0.15, 0.2) is 36.9 Å². The van der Waals surface area contributed by atoms with Crippen LogP contribution in [0.3, 0.4) is 0 Å². The van der Waals surface area contributed by atoms with Crippen molar-refractivity contribution in [3.63, 3.8) is 0 Å². The van der Waals surface area contributed by atoms with Crippen LogP contribution in [0.2, 0.25) is 0 Å². The molecule has 0 radical (unpaired) electrons. The van der Waals surface area contributed by atoms with E-state index in [1.54, 1.807) is 31.3 Å². The summed E-state index contributed by atoms with van der Waals surface area (Å²) < 4.78 is 13.6. The van der Waals surface area contributed by atoms with Crippen LogP contribution in [0.25, 0.3) is 0 Å². The van der Waals surface area contributed by atoms with Crippen LogP contribution in [0.4, 0.5) is 4.39 Å². The summed E-state index contributed by atoms with van der Waals surface area (Å²) in [4.78, 5) is 13.4. The highest BCUT2D eigenvalue weighted by atomic mass is 19.1. The molecule has 0 aliphatic heterocycles. The van der Waals surface area contributed by atoms with Crippen molar-refractivity contribution < 1.29 is 9.18 Å². The van der Waals surface area contributed by atoms with Gasteiger partial charge in [-0.15, -0.1) is 6.58 Å². The first-order valence-electron chi connectivity index (χ1n) is 5.89. The second-order valence-electron chi connectivity index (χ2n) is 4.12. The Hall–Kier alpha value is -1.68. The van der Waals surface area contributed by atoms with E-state index in [0.29, 0.717) is 12.1 Å². The zero-order chi connectivity index (χ0) is 13.5. The molecule has 1 amide bonds. The average Bonchev–Trinajstić information content (AvgIpc) is 2.38. The largest absolute Gasteiger partial charge is 0.338 e. The Morgan fingerprint density at radius 3 is 2.83 bits per heavy atom. The molecule has 0 aliphatic rings. The average molecular weight is 250 g/mol. The Labute approximate surface area is 107 Å². The molecule has 18 heavy (non-hydrogen) atoms. The van der Waals surface area contributed by atoms with E-state index in [0.717, 1.165) is 0 Å². The summed E-state index contributed by atoms with van der Waals surface area (Å²) >= 11 is 0. The lowest BCUT2D eigenvalue weighted by atomic mass is 10.1. The molecule has 0 aromatic heterocycles. The lowest BCUT2D eigenvalue weighted by Gasteiger charge is -2.25. The number of hydrogen-bond donors (Lipinski definition) is 1. The van der Waals surface area contributed by atoms with Crippen molar-refractivity contribution in [1.29, 1.82) is 0 Å². The van der Waals surface area contributed by atoms with Crippen LogP contribution < -0.4 is 5.32 Å². The summed E-state index contributed by atoms with van der Waals surface area (Å²) in [5.74, 6) is -0.365. The minimum Gasteiger partial charge on any atom is -0.338 e. The van der Waals surface area contributed by atoms with Crippen molar-refractivity contribution in [3.05, 3.63) is 48.3 Å². The highest BCUT2D eigenvalue weighted by molar-refractivity contribution is 5.78. The van der Waals surface area contributed by atoms with Crippen LogP contribution in [0.5, 0.6) is 0 Å². The Morgan fingerprint density at radius 1 is 1.56 bits per heavy atom. The molecule has 0 fully saturated rings. The minimum atomic E-state index is -0.288. The van der Waals surface area contributed by atoms with E-state index in [1.807, 2.05) is 6.92 Å². The number of halogens is 1. The van der Waals surface area contributed by atoms with Crippen LogP contribution in [0.1, 0.15) is 18.5 Å². The first-order valence-corrected chi connectivity index (χ1v) is 5.89. The minimum absolute atomic E-state index is 0.0763. The van der Waals surface area contributed by atoms with E-state index in [9.17, 15) is 9.18 Å². The molecule has 0 aliphatic carbocycles. The van der Waals surface area contributed by atoms with Crippen LogP contribution in [-0.4, -0.2) is 30.9 Å². The lowest BCUT2D eigenvalue weighted by molar-refractivity contribution is -0.130. The van der Waals surface area contributed by atoms with Crippen molar-refractivity contribution in [3.8, 4) is 0 Å². The monoisotopic (exact) mass is 250 g/mol. The fourth-order valence-corrected chi connectivity index (χ4v) is 1.64. The quantitative estimate of drug-likeness (QED) is 0.619. The first-order chi connectivity index (χ1) is 8.57. The molecule has 1 aromatic carbocycles. The molecule has 0 saturated carbocycles. The van der Waals surface area contributed by atoms with E-state index < -0.39 is 0 Å². The molecule has 1 unspecified atom stereocenters. The summed E-state index contributed by atoms with van der Waals surface area (Å²) in [6.07, 6.45) is 1.69. The molecule has 1 rings (SSSR count). The maximum absolute atomic E-state index is 13.6. The molecule has 0 spiro atoms. The first kappa shape index (κ1) is 14.4. The third-order valence-corrected chi connectivity index (χ3v) is 2.89. The molecular formula is C14H19FN2O. The second-order valence-corrected chi connectivity index (χ2v) is 4.12. The van der Waals surface area contributed by atoms with Gasteiger partial charge < -0.3 is 10.2 Å². The fraction of sp³-hybridized carbons (Fsp3) is 0.357. The van der Waals surface area contributed by atoms with Gasteiger partial charge in [0.05, 0.1) is 12.6 Å². The van der Waals surface area contributed by atoms with Gasteiger partial charge in [-0.1, -0.05) is 24.3 Å². The second kappa shape index (κ2) is 6.91. The third-order valence-electron chi connectivity index (χ3n) is 2.89. The molecule has 1 N–H and O–H groups in total. The Balaban J connectivity index is 2.66. The summed E-state index contributed by atoms with van der Waals surface area (Å²) in [5.41, 5.74) is 0.525. The number of rotatable bonds is 6. The summed E-state index contributed by atoms with van der Waals surface area (Å²) in [6.45, 7) is 6.17. The number of hydrogen-bond acceptors (Lipinski definition) is 2. The summed E-state index contributed by atoms with van der Waals surface area (Å²) in [5, 5.41) is 2.93. The van der Waals surface area contributed by atoms with Gasteiger partial charge in [0.1, 0.15) is 5.82 Å². The fourth-order valence-electron chi connectivity index (χ4n) is 1.64. The molecule has 1 aromatic rings. The zero-order valence-electron chi connectivity index (χ0n) is 10.8. The standard InChI is InChI=1S/C14H19FN2O/c1-4-9-16-10-14(18)17(3)11(2)12-7-5-6-8-13(12)15/h4-8,11,16H,1,9-10H2,2-3H3. The molecular weight excluding hydrogens is 231 g/mol. The van der Waals surface area contributed by atoms with Gasteiger partial charge >= 0.3 is 0 Å². The number of amides is 1. The molecule has 98 valence electrons. The van der Waals surface area contributed by atoms with E-state index in [2.05, 4.69) is 11.9 Å². The zero-order valence-corrected chi connectivity index (χ0v) is 10.8. The smallest absolute Gasteiger partial charge is 0.236 e. The van der Waals surface area contributed by atoms with E-state index in [-0.39, 0.29) is 24.3 Å². The molecule has 1 atom stereocenters. The number of nitrogens with one attached hydrogen (secondary N) is 1. The molecule has 0 bridgehead atoms. The van der Waals surface area contributed by atoms with Gasteiger partial charge in [-0.05, 0) is 13.0 Å². The molecule has 0 saturated heterocycles. The molecule has 0 heterocycles. The van der Waals surface area contributed by atoms with Gasteiger partial charge in [0.2, 0.25) is 5.91 Å². The predicted octanol–water partition coefficient (Wildman–Crippen LogP) is 2.12. The number of carbonyl (C=O) groups excluding carboxylic acids is 1. The topological polar surface area (TPSA) is 32.3 Å². The summed E-state index contributed by atoms with van der Waals surface area (Å²) in [6, 6.07) is 6.22. The van der Waals surface area contributed by atoms with Crippen molar-refractivity contribution in [2.24, 2.45) is 0 Å². The number of likely N-dealkylation sites (N-methyl/N-ethyl adjacent to an activating group) is 1. The Morgan fingerprint density at radius 2 is 2.22 bits per heavy atom. The van der Waals surface area contributed by atoms with E-state index >= 15 is 0 Å². The van der Waals surface area contributed by atoms with E-state index in [4.69, 9.17) is 0 Å². The maximum Gasteiger partial charge on any atom is 0.236 e. The Bertz CT molecular complexity index is 420. The van der Waals surface area contributed by atoms with Gasteiger partial charge in [-0.2, -0.15) is 0 Å². The number of carbonyl (C=O) groups is 1. The van der Waals surface area contributed by atoms with Crippen LogP contribution >= 0.6 is 0 Å². The van der Waals surface area contributed by atoms with Gasteiger partial charge in [0, 0.05) is 19.2 Å². The Kier molecular flexibility index (Phi) is 5.52. The van der Waals surface area contributed by atoms with Crippen molar-refractivity contribution in [2.45, 2.75) is 13.0 Å². The lowest BCUT2D eigenvalue weighted by Crippen LogP contribution is -2.37. The molecule has 4 heteroatoms. The molecule has 3 nitrogen and oxygen atoms in total. The number of benzene rings is 1. The predicted molar refractivity (Wildman–Crippen MR) is 70.7 cm³/mol. The summed E-state index contributed by atoms with van der Waals surface area (Å²) in [7, 11) is 1.68. The van der Waals surface area contributed by atoms with Gasteiger partial charge in [0.25, 0.3) is 0 Å². The van der Waals surface area contributed by atoms with Crippen molar-refractivity contribution in [2.75, 3.05) is 20.1 Å². The van der Waals surface area contributed by atoms with Gasteiger partial charge in [-0.3, -0.25) is 4.79 Å². The van der Waals surface area contributed by atoms with Crippen molar-refractivity contribution >= 4 is 5.91 Å². The van der Waals surface area contributed by atoms with E-state index in [1.165, 1.54) is 11.0 Å².